The molecule has 146 valence electrons. The summed E-state index contributed by atoms with van der Waals surface area (Å²) in [6.45, 7) is 3.38. The highest BCUT2D eigenvalue weighted by atomic mass is 19.3. The van der Waals surface area contributed by atoms with Gasteiger partial charge in [-0.05, 0) is 37.8 Å². The van der Waals surface area contributed by atoms with Crippen LogP contribution in [0.2, 0.25) is 0 Å². The number of aromatic nitrogens is 1. The van der Waals surface area contributed by atoms with Gasteiger partial charge in [-0.3, -0.25) is 9.59 Å². The summed E-state index contributed by atoms with van der Waals surface area (Å²) in [6, 6.07) is 0.943. The average molecular weight is 389 g/mol. The van der Waals surface area contributed by atoms with Crippen LogP contribution < -0.4 is 5.73 Å². The molecule has 0 fully saturated rings. The van der Waals surface area contributed by atoms with Gasteiger partial charge in [0.1, 0.15) is 5.82 Å². The fraction of sp³-hybridized carbons (Fsp3) is 0.300. The van der Waals surface area contributed by atoms with Crippen molar-refractivity contribution in [1.29, 1.82) is 0 Å². The lowest BCUT2D eigenvalue weighted by atomic mass is 9.93. The van der Waals surface area contributed by atoms with Crippen molar-refractivity contribution in [2.75, 3.05) is 13.1 Å². The summed E-state index contributed by atoms with van der Waals surface area (Å²) in [6.07, 6.45) is -0.746. The molecule has 2 aromatic rings. The summed E-state index contributed by atoms with van der Waals surface area (Å²) in [4.78, 5) is 28.0. The van der Waals surface area contributed by atoms with Gasteiger partial charge in [0.2, 0.25) is 0 Å². The number of halogens is 3. The minimum atomic E-state index is -2.89. The molecular formula is C20H18F3N3O2. The highest BCUT2D eigenvalue weighted by molar-refractivity contribution is 6.09. The lowest BCUT2D eigenvalue weighted by Crippen LogP contribution is -2.34. The molecular weight excluding hydrogens is 371 g/mol. The van der Waals surface area contributed by atoms with E-state index < -0.39 is 24.1 Å². The van der Waals surface area contributed by atoms with Crippen LogP contribution in [-0.2, 0) is 4.79 Å². The number of carbonyl (C=O) groups excluding carboxylic acids is 2. The van der Waals surface area contributed by atoms with Gasteiger partial charge >= 0.3 is 0 Å². The van der Waals surface area contributed by atoms with Crippen LogP contribution in [0.25, 0.3) is 16.5 Å². The molecule has 0 aliphatic carbocycles. The molecule has 3 rings (SSSR count). The molecule has 8 heteroatoms. The minimum absolute atomic E-state index is 0.0301. The smallest absolute Gasteiger partial charge is 0.298 e. The Morgan fingerprint density at radius 3 is 2.68 bits per heavy atom. The number of nitrogens with zero attached hydrogens (tertiary/aromatic N) is 1. The van der Waals surface area contributed by atoms with E-state index in [1.165, 1.54) is 18.7 Å². The standard InChI is InChI=1S/C20H18F3N3O2/c1-3-5-14(27)26-7-4-6-11(9-26)16-13(21)8-12(20(24)28)18-17(16)15(19(22)23)10(2)25-18/h6,8,19,25H,4,7,9H2,1-2H3,(H2,24,28). The SMILES string of the molecule is CC#CC(=O)N1CCC=C(c2c(F)cc(C(N)=O)c3[nH]c(C)c(C(F)F)c23)C1. The van der Waals surface area contributed by atoms with E-state index in [9.17, 15) is 18.4 Å². The molecule has 1 aromatic carbocycles. The largest absolute Gasteiger partial charge is 0.366 e. The number of benzene rings is 1. The van der Waals surface area contributed by atoms with Gasteiger partial charge in [0.15, 0.2) is 0 Å². The van der Waals surface area contributed by atoms with Gasteiger partial charge in [0.25, 0.3) is 18.2 Å². The van der Waals surface area contributed by atoms with Crippen LogP contribution in [0.5, 0.6) is 0 Å². The number of nitrogens with two attached hydrogens (primary N) is 1. The number of rotatable bonds is 3. The predicted octanol–water partition coefficient (Wildman–Crippen LogP) is 3.29. The fourth-order valence-corrected chi connectivity index (χ4v) is 3.56. The zero-order valence-electron chi connectivity index (χ0n) is 15.3. The highest BCUT2D eigenvalue weighted by Crippen LogP contribution is 2.39. The second kappa shape index (κ2) is 7.43. The number of aromatic amines is 1. The molecule has 5 nitrogen and oxygen atoms in total. The first kappa shape index (κ1) is 19.5. The van der Waals surface area contributed by atoms with Crippen molar-refractivity contribution in [1.82, 2.24) is 9.88 Å². The molecule has 0 bridgehead atoms. The third kappa shape index (κ3) is 3.24. The van der Waals surface area contributed by atoms with E-state index in [1.54, 1.807) is 6.08 Å². The first-order valence-electron chi connectivity index (χ1n) is 8.59. The second-order valence-electron chi connectivity index (χ2n) is 6.48. The van der Waals surface area contributed by atoms with Crippen molar-refractivity contribution in [3.8, 4) is 11.8 Å². The molecule has 0 saturated carbocycles. The van der Waals surface area contributed by atoms with Gasteiger partial charge in [-0.2, -0.15) is 0 Å². The Morgan fingerprint density at radius 1 is 1.36 bits per heavy atom. The van der Waals surface area contributed by atoms with E-state index in [2.05, 4.69) is 16.8 Å². The van der Waals surface area contributed by atoms with Crippen LogP contribution in [0.3, 0.4) is 0 Å². The molecule has 0 atom stereocenters. The zero-order valence-corrected chi connectivity index (χ0v) is 15.3. The molecule has 0 unspecified atom stereocenters. The van der Waals surface area contributed by atoms with Gasteiger partial charge in [-0.25, -0.2) is 13.2 Å². The Bertz CT molecular complexity index is 1070. The van der Waals surface area contributed by atoms with E-state index in [-0.39, 0.29) is 39.8 Å². The summed E-state index contributed by atoms with van der Waals surface area (Å²) in [5.41, 5.74) is 5.25. The monoisotopic (exact) mass is 389 g/mol. The Kier molecular flexibility index (Phi) is 5.18. The van der Waals surface area contributed by atoms with Crippen molar-refractivity contribution >= 4 is 28.3 Å². The zero-order chi connectivity index (χ0) is 20.6. The number of alkyl halides is 2. The summed E-state index contributed by atoms with van der Waals surface area (Å²) in [7, 11) is 0. The quantitative estimate of drug-likeness (QED) is 0.790. The van der Waals surface area contributed by atoms with Crippen molar-refractivity contribution < 1.29 is 22.8 Å². The lowest BCUT2D eigenvalue weighted by Gasteiger charge is -2.26. The molecule has 3 N–H and O–H groups in total. The number of carbonyl (C=O) groups is 2. The van der Waals surface area contributed by atoms with Crippen LogP contribution >= 0.6 is 0 Å². The molecule has 1 aliphatic rings. The third-order valence-corrected chi connectivity index (χ3v) is 4.74. The first-order valence-corrected chi connectivity index (χ1v) is 8.59. The number of H-pyrrole nitrogens is 1. The number of primary amides is 1. The first-order chi connectivity index (χ1) is 13.3. The second-order valence-corrected chi connectivity index (χ2v) is 6.48. The van der Waals surface area contributed by atoms with Gasteiger partial charge in [0.05, 0.1) is 11.1 Å². The fourth-order valence-electron chi connectivity index (χ4n) is 3.56. The Labute approximate surface area is 159 Å². The van der Waals surface area contributed by atoms with Crippen molar-refractivity contribution in [2.24, 2.45) is 5.73 Å². The van der Waals surface area contributed by atoms with Crippen molar-refractivity contribution in [3.63, 3.8) is 0 Å². The minimum Gasteiger partial charge on any atom is -0.366 e. The van der Waals surface area contributed by atoms with E-state index in [1.807, 2.05) is 0 Å². The van der Waals surface area contributed by atoms with E-state index >= 15 is 4.39 Å². The van der Waals surface area contributed by atoms with E-state index in [4.69, 9.17) is 5.73 Å². The highest BCUT2D eigenvalue weighted by Gasteiger charge is 2.29. The van der Waals surface area contributed by atoms with Crippen LogP contribution in [0.4, 0.5) is 13.2 Å². The number of fused-ring (bicyclic) bond motifs is 1. The average Bonchev–Trinajstić information content (AvgIpc) is 2.97. The Hall–Kier alpha value is -3.21. The van der Waals surface area contributed by atoms with Gasteiger partial charge in [0, 0.05) is 35.3 Å². The van der Waals surface area contributed by atoms with E-state index in [0.717, 1.165) is 6.07 Å². The molecule has 28 heavy (non-hydrogen) atoms. The maximum Gasteiger partial charge on any atom is 0.298 e. The molecule has 2 heterocycles. The summed E-state index contributed by atoms with van der Waals surface area (Å²) in [5, 5.41) is -0.0802. The topological polar surface area (TPSA) is 79.2 Å². The number of nitrogens with one attached hydrogen (secondary N) is 1. The van der Waals surface area contributed by atoms with Gasteiger partial charge in [-0.1, -0.05) is 12.0 Å². The molecule has 1 aromatic heterocycles. The molecule has 0 saturated heterocycles. The van der Waals surface area contributed by atoms with Gasteiger partial charge < -0.3 is 15.6 Å². The summed E-state index contributed by atoms with van der Waals surface area (Å²) in [5.74, 6) is 2.76. The van der Waals surface area contributed by atoms with Gasteiger partial charge in [-0.15, -0.1) is 0 Å². The Balaban J connectivity index is 2.26. The van der Waals surface area contributed by atoms with Crippen LogP contribution in [0.15, 0.2) is 12.1 Å². The maximum atomic E-state index is 15.0. The lowest BCUT2D eigenvalue weighted by molar-refractivity contribution is -0.124. The Morgan fingerprint density at radius 2 is 2.07 bits per heavy atom. The summed E-state index contributed by atoms with van der Waals surface area (Å²) >= 11 is 0. The predicted molar refractivity (Wildman–Crippen MR) is 99.1 cm³/mol. The summed E-state index contributed by atoms with van der Waals surface area (Å²) < 4.78 is 42.5. The van der Waals surface area contributed by atoms with Crippen molar-refractivity contribution in [3.05, 3.63) is 40.3 Å². The number of hydrogen-bond acceptors (Lipinski definition) is 2. The normalized spacial score (nSPS) is 14.1. The van der Waals surface area contributed by atoms with Crippen molar-refractivity contribution in [2.45, 2.75) is 26.7 Å². The van der Waals surface area contributed by atoms with Crippen LogP contribution in [0, 0.1) is 24.6 Å². The molecule has 1 aliphatic heterocycles. The number of amides is 2. The molecule has 2 amide bonds. The number of aryl methyl sites for hydroxylation is 1. The van der Waals surface area contributed by atoms with Crippen LogP contribution in [0.1, 0.15) is 46.9 Å². The number of hydrogen-bond donors (Lipinski definition) is 2. The maximum absolute atomic E-state index is 15.0. The third-order valence-electron chi connectivity index (χ3n) is 4.74. The molecule has 0 radical (unpaired) electrons. The molecule has 0 spiro atoms. The van der Waals surface area contributed by atoms with E-state index in [0.29, 0.717) is 18.5 Å². The van der Waals surface area contributed by atoms with Crippen LogP contribution in [-0.4, -0.2) is 34.8 Å².